The average molecular weight is 193 g/mol. The Bertz CT molecular complexity index is 294. The van der Waals surface area contributed by atoms with Gasteiger partial charge in [-0.3, -0.25) is 0 Å². The summed E-state index contributed by atoms with van der Waals surface area (Å²) in [5.74, 6) is 0.923. The van der Waals surface area contributed by atoms with E-state index in [2.05, 4.69) is 19.1 Å². The largest absolute Gasteiger partial charge is 0.497 e. The number of aryl methyl sites for hydroxylation is 2. The van der Waals surface area contributed by atoms with Crippen LogP contribution >= 0.6 is 0 Å². The van der Waals surface area contributed by atoms with Crippen LogP contribution in [0.4, 0.5) is 0 Å². The SMILES string of the molecule is COc1ccc(CCC(C)N)c(C)c1. The van der Waals surface area contributed by atoms with Crippen molar-refractivity contribution >= 4 is 0 Å². The lowest BCUT2D eigenvalue weighted by Crippen LogP contribution is -2.15. The van der Waals surface area contributed by atoms with Crippen molar-refractivity contribution in [3.8, 4) is 5.75 Å². The van der Waals surface area contributed by atoms with Gasteiger partial charge < -0.3 is 10.5 Å². The van der Waals surface area contributed by atoms with Crippen LogP contribution in [0.5, 0.6) is 5.75 Å². The van der Waals surface area contributed by atoms with Crippen molar-refractivity contribution in [2.24, 2.45) is 5.73 Å². The lowest BCUT2D eigenvalue weighted by Gasteiger charge is -2.09. The highest BCUT2D eigenvalue weighted by atomic mass is 16.5. The van der Waals surface area contributed by atoms with Crippen LogP contribution in [0, 0.1) is 6.92 Å². The number of hydrogen-bond acceptors (Lipinski definition) is 2. The van der Waals surface area contributed by atoms with Crippen molar-refractivity contribution in [2.75, 3.05) is 7.11 Å². The second kappa shape index (κ2) is 5.01. The molecule has 2 nitrogen and oxygen atoms in total. The Labute approximate surface area is 86.1 Å². The van der Waals surface area contributed by atoms with E-state index in [9.17, 15) is 0 Å². The molecule has 0 saturated carbocycles. The highest BCUT2D eigenvalue weighted by molar-refractivity contribution is 5.34. The zero-order valence-electron chi connectivity index (χ0n) is 9.21. The molecule has 0 aliphatic heterocycles. The summed E-state index contributed by atoms with van der Waals surface area (Å²) in [6.45, 7) is 4.15. The minimum Gasteiger partial charge on any atom is -0.497 e. The third kappa shape index (κ3) is 3.04. The smallest absolute Gasteiger partial charge is 0.119 e. The number of nitrogens with two attached hydrogens (primary N) is 1. The van der Waals surface area contributed by atoms with Crippen molar-refractivity contribution in [1.29, 1.82) is 0 Å². The van der Waals surface area contributed by atoms with Crippen LogP contribution < -0.4 is 10.5 Å². The van der Waals surface area contributed by atoms with Crippen LogP contribution in [0.3, 0.4) is 0 Å². The molecule has 0 fully saturated rings. The molecule has 0 heterocycles. The number of ether oxygens (including phenoxy) is 1. The first-order chi connectivity index (χ1) is 6.63. The van der Waals surface area contributed by atoms with E-state index in [-0.39, 0.29) is 6.04 Å². The lowest BCUT2D eigenvalue weighted by molar-refractivity contribution is 0.414. The Balaban J connectivity index is 2.69. The molecule has 0 saturated heterocycles. The maximum atomic E-state index is 5.72. The first-order valence-corrected chi connectivity index (χ1v) is 5.02. The van der Waals surface area contributed by atoms with E-state index in [4.69, 9.17) is 10.5 Å². The summed E-state index contributed by atoms with van der Waals surface area (Å²) in [5, 5.41) is 0. The normalized spacial score (nSPS) is 12.6. The second-order valence-corrected chi connectivity index (χ2v) is 3.81. The Hall–Kier alpha value is -1.02. The van der Waals surface area contributed by atoms with Crippen LogP contribution in [0.2, 0.25) is 0 Å². The van der Waals surface area contributed by atoms with Gasteiger partial charge in [-0.15, -0.1) is 0 Å². The minimum absolute atomic E-state index is 0.275. The zero-order valence-corrected chi connectivity index (χ0v) is 9.21. The van der Waals surface area contributed by atoms with Gasteiger partial charge in [0.25, 0.3) is 0 Å². The van der Waals surface area contributed by atoms with E-state index < -0.39 is 0 Å². The monoisotopic (exact) mass is 193 g/mol. The third-order valence-corrected chi connectivity index (χ3v) is 2.42. The highest BCUT2D eigenvalue weighted by Crippen LogP contribution is 2.18. The second-order valence-electron chi connectivity index (χ2n) is 3.81. The summed E-state index contributed by atoms with van der Waals surface area (Å²) in [4.78, 5) is 0. The van der Waals surface area contributed by atoms with Gasteiger partial charge in [-0.2, -0.15) is 0 Å². The molecule has 1 atom stereocenters. The average Bonchev–Trinajstić information content (AvgIpc) is 2.15. The van der Waals surface area contributed by atoms with Crippen molar-refractivity contribution < 1.29 is 4.74 Å². The summed E-state index contributed by atoms with van der Waals surface area (Å²) >= 11 is 0. The molecule has 0 aliphatic rings. The van der Waals surface area contributed by atoms with E-state index in [0.29, 0.717) is 0 Å². The molecule has 0 radical (unpaired) electrons. The van der Waals surface area contributed by atoms with Crippen LogP contribution in [-0.2, 0) is 6.42 Å². The minimum atomic E-state index is 0.275. The Morgan fingerprint density at radius 1 is 1.43 bits per heavy atom. The topological polar surface area (TPSA) is 35.2 Å². The van der Waals surface area contributed by atoms with E-state index >= 15 is 0 Å². The lowest BCUT2D eigenvalue weighted by atomic mass is 10.0. The number of benzene rings is 1. The fourth-order valence-corrected chi connectivity index (χ4v) is 1.46. The molecule has 2 N–H and O–H groups in total. The van der Waals surface area contributed by atoms with Crippen LogP contribution in [0.15, 0.2) is 18.2 Å². The molecule has 0 spiro atoms. The standard InChI is InChI=1S/C12H19NO/c1-9-8-12(14-3)7-6-11(9)5-4-10(2)13/h6-8,10H,4-5,13H2,1-3H3. The maximum absolute atomic E-state index is 5.72. The molecule has 14 heavy (non-hydrogen) atoms. The van der Waals surface area contributed by atoms with Crippen molar-refractivity contribution in [3.05, 3.63) is 29.3 Å². The molecule has 0 aromatic heterocycles. The van der Waals surface area contributed by atoms with Gasteiger partial charge in [0, 0.05) is 6.04 Å². The number of hydrogen-bond donors (Lipinski definition) is 1. The fourth-order valence-electron chi connectivity index (χ4n) is 1.46. The zero-order chi connectivity index (χ0) is 10.6. The van der Waals surface area contributed by atoms with Gasteiger partial charge in [0.2, 0.25) is 0 Å². The first-order valence-electron chi connectivity index (χ1n) is 5.02. The summed E-state index contributed by atoms with van der Waals surface area (Å²) in [5.41, 5.74) is 8.37. The highest BCUT2D eigenvalue weighted by Gasteiger charge is 2.01. The Morgan fingerprint density at radius 3 is 2.64 bits per heavy atom. The fraction of sp³-hybridized carbons (Fsp3) is 0.500. The summed E-state index contributed by atoms with van der Waals surface area (Å²) in [7, 11) is 1.69. The molecule has 1 aromatic rings. The van der Waals surface area contributed by atoms with Crippen molar-refractivity contribution in [3.63, 3.8) is 0 Å². The molecule has 0 bridgehead atoms. The summed E-state index contributed by atoms with van der Waals surface area (Å²) in [6, 6.07) is 6.47. The molecular formula is C12H19NO. The predicted molar refractivity (Wildman–Crippen MR) is 59.7 cm³/mol. The van der Waals surface area contributed by atoms with Crippen LogP contribution in [-0.4, -0.2) is 13.2 Å². The van der Waals surface area contributed by atoms with Gasteiger partial charge in [0.05, 0.1) is 7.11 Å². The molecule has 78 valence electrons. The molecule has 2 heteroatoms. The molecule has 0 amide bonds. The van der Waals surface area contributed by atoms with Crippen LogP contribution in [0.1, 0.15) is 24.5 Å². The Kier molecular flexibility index (Phi) is 3.96. The molecule has 1 rings (SSSR count). The molecule has 0 aliphatic carbocycles. The van der Waals surface area contributed by atoms with Gasteiger partial charge in [0.1, 0.15) is 5.75 Å². The van der Waals surface area contributed by atoms with Gasteiger partial charge in [-0.25, -0.2) is 0 Å². The van der Waals surface area contributed by atoms with E-state index in [1.807, 2.05) is 13.0 Å². The van der Waals surface area contributed by atoms with Gasteiger partial charge in [-0.05, 0) is 49.9 Å². The predicted octanol–water partition coefficient (Wildman–Crippen LogP) is 2.28. The first kappa shape index (κ1) is 11.1. The molecule has 1 unspecified atom stereocenters. The number of rotatable bonds is 4. The van der Waals surface area contributed by atoms with Gasteiger partial charge >= 0.3 is 0 Å². The molecule has 1 aromatic carbocycles. The summed E-state index contributed by atoms with van der Waals surface area (Å²) < 4.78 is 5.15. The maximum Gasteiger partial charge on any atom is 0.119 e. The van der Waals surface area contributed by atoms with E-state index in [0.717, 1.165) is 18.6 Å². The quantitative estimate of drug-likeness (QED) is 0.796. The summed E-state index contributed by atoms with van der Waals surface area (Å²) in [6.07, 6.45) is 2.08. The molecular weight excluding hydrogens is 174 g/mol. The van der Waals surface area contributed by atoms with Gasteiger partial charge in [-0.1, -0.05) is 6.07 Å². The number of methoxy groups -OCH3 is 1. The third-order valence-electron chi connectivity index (χ3n) is 2.42. The van der Waals surface area contributed by atoms with Crippen molar-refractivity contribution in [1.82, 2.24) is 0 Å². The van der Waals surface area contributed by atoms with E-state index in [1.54, 1.807) is 7.11 Å². The Morgan fingerprint density at radius 2 is 2.14 bits per heavy atom. The van der Waals surface area contributed by atoms with E-state index in [1.165, 1.54) is 11.1 Å². The van der Waals surface area contributed by atoms with Crippen LogP contribution in [0.25, 0.3) is 0 Å². The van der Waals surface area contributed by atoms with Gasteiger partial charge in [0.15, 0.2) is 0 Å². The van der Waals surface area contributed by atoms with Crippen molar-refractivity contribution in [2.45, 2.75) is 32.7 Å².